The van der Waals surface area contributed by atoms with E-state index in [-0.39, 0.29) is 11.9 Å². The van der Waals surface area contributed by atoms with E-state index in [1.54, 1.807) is 11.3 Å². The zero-order chi connectivity index (χ0) is 11.5. The Morgan fingerprint density at radius 3 is 3.00 bits per heavy atom. The van der Waals surface area contributed by atoms with Crippen LogP contribution in [0.4, 0.5) is 0 Å². The van der Waals surface area contributed by atoms with Crippen molar-refractivity contribution in [3.8, 4) is 0 Å². The van der Waals surface area contributed by atoms with Crippen LogP contribution in [0.2, 0.25) is 0 Å². The van der Waals surface area contributed by atoms with Crippen LogP contribution in [0.5, 0.6) is 0 Å². The van der Waals surface area contributed by atoms with Crippen LogP contribution < -0.4 is 11.3 Å². The third-order valence-corrected chi connectivity index (χ3v) is 3.71. The van der Waals surface area contributed by atoms with Crippen molar-refractivity contribution in [1.82, 2.24) is 10.3 Å². The highest BCUT2D eigenvalue weighted by Gasteiger charge is 2.34. The molecular formula is C11H17N3OS. The number of nitrogens with two attached hydrogens (primary N) is 1. The molecular weight excluding hydrogens is 222 g/mol. The van der Waals surface area contributed by atoms with Crippen LogP contribution in [0.3, 0.4) is 0 Å². The highest BCUT2D eigenvalue weighted by Crippen LogP contribution is 2.30. The molecule has 4 nitrogen and oxygen atoms in total. The van der Waals surface area contributed by atoms with E-state index in [0.29, 0.717) is 6.04 Å². The number of nitrogens with one attached hydrogen (secondary N) is 1. The Hall–Kier alpha value is -0.910. The van der Waals surface area contributed by atoms with E-state index in [0.717, 1.165) is 6.54 Å². The second kappa shape index (κ2) is 4.95. The lowest BCUT2D eigenvalue weighted by Crippen LogP contribution is -2.47. The summed E-state index contributed by atoms with van der Waals surface area (Å²) in [4.78, 5) is 13.8. The Balaban J connectivity index is 2.02. The molecule has 0 aliphatic heterocycles. The average molecular weight is 239 g/mol. The molecule has 1 unspecified atom stereocenters. The van der Waals surface area contributed by atoms with Gasteiger partial charge in [-0.15, -0.1) is 0 Å². The van der Waals surface area contributed by atoms with Crippen LogP contribution in [0, 0.1) is 0 Å². The van der Waals surface area contributed by atoms with Gasteiger partial charge < -0.3 is 0 Å². The van der Waals surface area contributed by atoms with Crippen molar-refractivity contribution < 1.29 is 4.79 Å². The molecule has 1 fully saturated rings. The molecule has 1 atom stereocenters. The first kappa shape index (κ1) is 11.6. The van der Waals surface area contributed by atoms with Crippen molar-refractivity contribution in [2.24, 2.45) is 5.84 Å². The average Bonchev–Trinajstić information content (AvgIpc) is 3.01. The summed E-state index contributed by atoms with van der Waals surface area (Å²) in [6.07, 6.45) is 2.37. The number of hydrogen-bond acceptors (Lipinski definition) is 4. The summed E-state index contributed by atoms with van der Waals surface area (Å²) in [5.41, 5.74) is 3.50. The van der Waals surface area contributed by atoms with Crippen LogP contribution in [0.25, 0.3) is 0 Å². The van der Waals surface area contributed by atoms with Crippen molar-refractivity contribution in [3.05, 3.63) is 22.4 Å². The summed E-state index contributed by atoms with van der Waals surface area (Å²) in [6, 6.07) is 2.50. The van der Waals surface area contributed by atoms with E-state index in [4.69, 9.17) is 5.84 Å². The van der Waals surface area contributed by atoms with Gasteiger partial charge in [0.2, 0.25) is 0 Å². The molecule has 1 aromatic rings. The Labute approximate surface area is 99.4 Å². The molecule has 16 heavy (non-hydrogen) atoms. The maximum Gasteiger partial charge on any atom is 0.250 e. The van der Waals surface area contributed by atoms with E-state index in [1.165, 1.54) is 18.4 Å². The number of rotatable bonds is 5. The molecule has 1 aromatic heterocycles. The van der Waals surface area contributed by atoms with Gasteiger partial charge in [-0.05, 0) is 42.2 Å². The standard InChI is InChI=1S/C11H17N3OS/c1-8(11(15)13-12)14(10-2-3-10)6-9-4-5-16-7-9/h4-5,7-8,10H,2-3,6,12H2,1H3,(H,13,15). The van der Waals surface area contributed by atoms with Crippen molar-refractivity contribution in [2.75, 3.05) is 0 Å². The van der Waals surface area contributed by atoms with Gasteiger partial charge in [-0.2, -0.15) is 11.3 Å². The second-order valence-corrected chi connectivity index (χ2v) is 5.00. The number of thiophene rings is 1. The number of carbonyl (C=O) groups is 1. The number of carbonyl (C=O) groups excluding carboxylic acids is 1. The molecule has 1 heterocycles. The monoisotopic (exact) mass is 239 g/mol. The fourth-order valence-corrected chi connectivity index (χ4v) is 2.51. The minimum Gasteiger partial charge on any atom is -0.293 e. The van der Waals surface area contributed by atoms with E-state index in [2.05, 4.69) is 27.2 Å². The number of hydrogen-bond donors (Lipinski definition) is 2. The molecule has 0 saturated heterocycles. The third-order valence-electron chi connectivity index (χ3n) is 2.98. The molecule has 0 radical (unpaired) electrons. The van der Waals surface area contributed by atoms with Crippen LogP contribution >= 0.6 is 11.3 Å². The zero-order valence-corrected chi connectivity index (χ0v) is 10.2. The first-order chi connectivity index (χ1) is 7.72. The summed E-state index contributed by atoms with van der Waals surface area (Å²) in [6.45, 7) is 2.75. The van der Waals surface area contributed by atoms with Crippen LogP contribution in [-0.4, -0.2) is 22.9 Å². The number of nitrogens with zero attached hydrogens (tertiary/aromatic N) is 1. The Morgan fingerprint density at radius 1 is 1.75 bits per heavy atom. The largest absolute Gasteiger partial charge is 0.293 e. The molecule has 0 aromatic carbocycles. The minimum atomic E-state index is -0.155. The lowest BCUT2D eigenvalue weighted by molar-refractivity contribution is -0.126. The molecule has 0 spiro atoms. The lowest BCUT2D eigenvalue weighted by atomic mass is 10.2. The normalized spacial score (nSPS) is 17.4. The molecule has 3 N–H and O–H groups in total. The molecule has 1 aliphatic carbocycles. The fraction of sp³-hybridized carbons (Fsp3) is 0.545. The summed E-state index contributed by atoms with van der Waals surface area (Å²) in [7, 11) is 0. The summed E-state index contributed by atoms with van der Waals surface area (Å²) >= 11 is 1.69. The van der Waals surface area contributed by atoms with E-state index < -0.39 is 0 Å². The van der Waals surface area contributed by atoms with Crippen LogP contribution in [0.15, 0.2) is 16.8 Å². The molecule has 1 aliphatic rings. The maximum absolute atomic E-state index is 11.5. The number of amides is 1. The highest BCUT2D eigenvalue weighted by molar-refractivity contribution is 7.07. The molecule has 0 bridgehead atoms. The lowest BCUT2D eigenvalue weighted by Gasteiger charge is -2.27. The number of hydrazine groups is 1. The van der Waals surface area contributed by atoms with Crippen molar-refractivity contribution in [3.63, 3.8) is 0 Å². The Morgan fingerprint density at radius 2 is 2.50 bits per heavy atom. The van der Waals surface area contributed by atoms with Crippen molar-refractivity contribution in [2.45, 2.75) is 38.4 Å². The van der Waals surface area contributed by atoms with Gasteiger partial charge in [0.05, 0.1) is 6.04 Å². The van der Waals surface area contributed by atoms with Crippen LogP contribution in [0.1, 0.15) is 25.3 Å². The van der Waals surface area contributed by atoms with Gasteiger partial charge in [0.1, 0.15) is 0 Å². The summed E-state index contributed by atoms with van der Waals surface area (Å²) in [5, 5.41) is 4.19. The first-order valence-corrected chi connectivity index (χ1v) is 6.44. The van der Waals surface area contributed by atoms with Gasteiger partial charge in [-0.25, -0.2) is 5.84 Å². The van der Waals surface area contributed by atoms with Gasteiger partial charge in [0.15, 0.2) is 0 Å². The molecule has 88 valence electrons. The van der Waals surface area contributed by atoms with E-state index >= 15 is 0 Å². The van der Waals surface area contributed by atoms with Gasteiger partial charge in [0, 0.05) is 12.6 Å². The summed E-state index contributed by atoms with van der Waals surface area (Å²) in [5.74, 6) is 5.07. The third kappa shape index (κ3) is 2.61. The van der Waals surface area contributed by atoms with Crippen LogP contribution in [-0.2, 0) is 11.3 Å². The van der Waals surface area contributed by atoms with Gasteiger partial charge in [-0.3, -0.25) is 15.1 Å². The molecule has 1 saturated carbocycles. The molecule has 2 rings (SSSR count). The Kier molecular flexibility index (Phi) is 3.58. The van der Waals surface area contributed by atoms with Crippen molar-refractivity contribution in [1.29, 1.82) is 0 Å². The van der Waals surface area contributed by atoms with Crippen molar-refractivity contribution >= 4 is 17.2 Å². The quantitative estimate of drug-likeness (QED) is 0.459. The Bertz CT molecular complexity index is 348. The minimum absolute atomic E-state index is 0.109. The first-order valence-electron chi connectivity index (χ1n) is 5.49. The second-order valence-electron chi connectivity index (χ2n) is 4.22. The summed E-state index contributed by atoms with van der Waals surface area (Å²) < 4.78 is 0. The highest BCUT2D eigenvalue weighted by atomic mass is 32.1. The van der Waals surface area contributed by atoms with Gasteiger partial charge in [0.25, 0.3) is 5.91 Å². The maximum atomic E-state index is 11.5. The smallest absolute Gasteiger partial charge is 0.250 e. The molecule has 5 heteroatoms. The zero-order valence-electron chi connectivity index (χ0n) is 9.35. The topological polar surface area (TPSA) is 58.4 Å². The van der Waals surface area contributed by atoms with E-state index in [9.17, 15) is 4.79 Å². The fourth-order valence-electron chi connectivity index (χ4n) is 1.85. The predicted octanol–water partition coefficient (Wildman–Crippen LogP) is 1.09. The molecule has 1 amide bonds. The SMILES string of the molecule is CC(C(=O)NN)N(Cc1ccsc1)C1CC1. The predicted molar refractivity (Wildman–Crippen MR) is 64.7 cm³/mol. The van der Waals surface area contributed by atoms with Gasteiger partial charge in [-0.1, -0.05) is 0 Å². The van der Waals surface area contributed by atoms with E-state index in [1.807, 2.05) is 6.92 Å². The van der Waals surface area contributed by atoms with Gasteiger partial charge >= 0.3 is 0 Å².